The Hall–Kier alpha value is -0.870. The first-order chi connectivity index (χ1) is 8.77. The van der Waals surface area contributed by atoms with E-state index in [1.54, 1.807) is 7.11 Å². The van der Waals surface area contributed by atoms with Gasteiger partial charge in [0, 0.05) is 7.11 Å². The van der Waals surface area contributed by atoms with E-state index < -0.39 is 0 Å². The number of aldehydes is 1. The summed E-state index contributed by atoms with van der Waals surface area (Å²) in [5.74, 6) is 0.655. The van der Waals surface area contributed by atoms with Crippen LogP contribution in [0.5, 0.6) is 5.75 Å². The second kappa shape index (κ2) is 6.34. The van der Waals surface area contributed by atoms with Gasteiger partial charge in [-0.2, -0.15) is 0 Å². The molecule has 0 saturated carbocycles. The molecule has 0 saturated heterocycles. The van der Waals surface area contributed by atoms with Crippen molar-refractivity contribution >= 4 is 22.2 Å². The molecule has 0 aromatic heterocycles. The molecular formula is C14H17BrO3. The van der Waals surface area contributed by atoms with E-state index in [0.29, 0.717) is 24.5 Å². The molecule has 2 rings (SSSR count). The average molecular weight is 313 g/mol. The number of ether oxygens (including phenoxy) is 2. The maximum absolute atomic E-state index is 11.2. The topological polar surface area (TPSA) is 35.5 Å². The number of aryl methyl sites for hydroxylation is 1. The van der Waals surface area contributed by atoms with Gasteiger partial charge in [0.05, 0.1) is 16.6 Å². The van der Waals surface area contributed by atoms with Crippen LogP contribution in [-0.4, -0.2) is 26.6 Å². The van der Waals surface area contributed by atoms with Gasteiger partial charge in [0.1, 0.15) is 12.4 Å². The first-order valence-corrected chi connectivity index (χ1v) is 6.98. The molecule has 1 aromatic carbocycles. The lowest BCUT2D eigenvalue weighted by Crippen LogP contribution is -2.10. The molecule has 1 aromatic rings. The Kier molecular flexibility index (Phi) is 4.78. The molecule has 3 nitrogen and oxygen atoms in total. The Balaban J connectivity index is 2.33. The van der Waals surface area contributed by atoms with E-state index in [-0.39, 0.29) is 0 Å². The van der Waals surface area contributed by atoms with Crippen LogP contribution in [0.4, 0.5) is 0 Å². The number of fused-ring (bicyclic) bond motifs is 1. The van der Waals surface area contributed by atoms with Gasteiger partial charge in [-0.3, -0.25) is 4.79 Å². The lowest BCUT2D eigenvalue weighted by molar-refractivity contribution is 0.111. The Labute approximate surface area is 116 Å². The highest BCUT2D eigenvalue weighted by atomic mass is 79.9. The molecule has 98 valence electrons. The third-order valence-electron chi connectivity index (χ3n) is 3.23. The number of carbonyl (C=O) groups is 1. The van der Waals surface area contributed by atoms with Gasteiger partial charge >= 0.3 is 0 Å². The minimum absolute atomic E-state index is 0.453. The fourth-order valence-corrected chi connectivity index (χ4v) is 3.11. The second-order valence-electron chi connectivity index (χ2n) is 4.41. The van der Waals surface area contributed by atoms with Crippen molar-refractivity contribution < 1.29 is 14.3 Å². The van der Waals surface area contributed by atoms with E-state index in [0.717, 1.165) is 23.6 Å². The molecule has 0 fully saturated rings. The number of rotatable bonds is 5. The van der Waals surface area contributed by atoms with Crippen molar-refractivity contribution in [3.8, 4) is 5.75 Å². The van der Waals surface area contributed by atoms with Crippen molar-refractivity contribution in [2.45, 2.75) is 25.7 Å². The summed E-state index contributed by atoms with van der Waals surface area (Å²) in [6.07, 6.45) is 5.36. The minimum Gasteiger partial charge on any atom is -0.489 e. The van der Waals surface area contributed by atoms with Gasteiger partial charge in [-0.1, -0.05) is 0 Å². The molecule has 0 bridgehead atoms. The smallest absolute Gasteiger partial charge is 0.153 e. The monoisotopic (exact) mass is 312 g/mol. The summed E-state index contributed by atoms with van der Waals surface area (Å²) in [5, 5.41) is 0. The lowest BCUT2D eigenvalue weighted by Gasteiger charge is -2.21. The number of hydrogen-bond acceptors (Lipinski definition) is 3. The van der Waals surface area contributed by atoms with Crippen LogP contribution in [0.1, 0.15) is 34.3 Å². The standard InChI is InChI=1S/C14H17BrO3/c1-17-6-7-18-14-11(9-16)8-10-4-2-3-5-12(10)13(14)15/h8-9H,2-7H2,1H3. The van der Waals surface area contributed by atoms with Crippen molar-refractivity contribution in [1.82, 2.24) is 0 Å². The fraction of sp³-hybridized carbons (Fsp3) is 0.500. The maximum Gasteiger partial charge on any atom is 0.153 e. The van der Waals surface area contributed by atoms with E-state index in [2.05, 4.69) is 15.9 Å². The van der Waals surface area contributed by atoms with Crippen LogP contribution in [0.3, 0.4) is 0 Å². The van der Waals surface area contributed by atoms with E-state index in [4.69, 9.17) is 9.47 Å². The largest absolute Gasteiger partial charge is 0.489 e. The number of halogens is 1. The molecule has 0 amide bonds. The lowest BCUT2D eigenvalue weighted by atomic mass is 9.90. The summed E-state index contributed by atoms with van der Waals surface area (Å²) in [4.78, 5) is 11.2. The number of hydrogen-bond donors (Lipinski definition) is 0. The molecule has 0 radical (unpaired) electrons. The molecule has 4 heteroatoms. The molecule has 1 aliphatic rings. The fourth-order valence-electron chi connectivity index (χ4n) is 2.32. The summed E-state index contributed by atoms with van der Waals surface area (Å²) in [6, 6.07) is 1.97. The third kappa shape index (κ3) is 2.75. The van der Waals surface area contributed by atoms with Gasteiger partial charge in [-0.05, 0) is 58.8 Å². The molecule has 0 unspecified atom stereocenters. The summed E-state index contributed by atoms with van der Waals surface area (Å²) in [7, 11) is 1.63. The molecule has 18 heavy (non-hydrogen) atoms. The van der Waals surface area contributed by atoms with Crippen molar-refractivity contribution in [1.29, 1.82) is 0 Å². The normalized spacial score (nSPS) is 14.1. The van der Waals surface area contributed by atoms with Gasteiger partial charge in [0.15, 0.2) is 6.29 Å². The summed E-state index contributed by atoms with van der Waals surface area (Å²) in [6.45, 7) is 0.969. The number of methoxy groups -OCH3 is 1. The van der Waals surface area contributed by atoms with Crippen molar-refractivity contribution in [3.05, 3.63) is 27.2 Å². The van der Waals surface area contributed by atoms with Gasteiger partial charge in [-0.25, -0.2) is 0 Å². The Morgan fingerprint density at radius 2 is 2.11 bits per heavy atom. The summed E-state index contributed by atoms with van der Waals surface area (Å²) >= 11 is 3.59. The van der Waals surface area contributed by atoms with Crippen LogP contribution in [0.2, 0.25) is 0 Å². The van der Waals surface area contributed by atoms with E-state index >= 15 is 0 Å². The highest BCUT2D eigenvalue weighted by Gasteiger charge is 2.19. The first-order valence-electron chi connectivity index (χ1n) is 6.19. The maximum atomic E-state index is 11.2. The van der Waals surface area contributed by atoms with E-state index in [1.165, 1.54) is 24.0 Å². The third-order valence-corrected chi connectivity index (χ3v) is 4.07. The Morgan fingerprint density at radius 3 is 2.83 bits per heavy atom. The predicted octanol–water partition coefficient (Wildman–Crippen LogP) is 3.17. The quantitative estimate of drug-likeness (QED) is 0.619. The molecular weight excluding hydrogens is 296 g/mol. The van der Waals surface area contributed by atoms with Crippen molar-refractivity contribution in [2.24, 2.45) is 0 Å². The highest BCUT2D eigenvalue weighted by Crippen LogP contribution is 2.37. The Bertz CT molecular complexity index is 443. The van der Waals surface area contributed by atoms with Crippen LogP contribution in [0.15, 0.2) is 10.5 Å². The molecule has 0 aliphatic heterocycles. The first kappa shape index (κ1) is 13.6. The van der Waals surface area contributed by atoms with Crippen molar-refractivity contribution in [2.75, 3.05) is 20.3 Å². The molecule has 0 heterocycles. The van der Waals surface area contributed by atoms with E-state index in [1.807, 2.05) is 6.07 Å². The number of benzene rings is 1. The second-order valence-corrected chi connectivity index (χ2v) is 5.21. The van der Waals surface area contributed by atoms with E-state index in [9.17, 15) is 4.79 Å². The molecule has 0 spiro atoms. The van der Waals surface area contributed by atoms with Crippen LogP contribution >= 0.6 is 15.9 Å². The van der Waals surface area contributed by atoms with Gasteiger partial charge < -0.3 is 9.47 Å². The van der Waals surface area contributed by atoms with Crippen LogP contribution < -0.4 is 4.74 Å². The van der Waals surface area contributed by atoms with Gasteiger partial charge in [0.2, 0.25) is 0 Å². The van der Waals surface area contributed by atoms with Gasteiger partial charge in [-0.15, -0.1) is 0 Å². The molecule has 0 atom stereocenters. The Morgan fingerprint density at radius 1 is 1.33 bits per heavy atom. The van der Waals surface area contributed by atoms with Crippen LogP contribution in [0, 0.1) is 0 Å². The summed E-state index contributed by atoms with van der Waals surface area (Å²) < 4.78 is 11.6. The average Bonchev–Trinajstić information content (AvgIpc) is 2.41. The summed E-state index contributed by atoms with van der Waals surface area (Å²) in [5.41, 5.74) is 3.19. The zero-order chi connectivity index (χ0) is 13.0. The van der Waals surface area contributed by atoms with Crippen LogP contribution in [0.25, 0.3) is 0 Å². The highest BCUT2D eigenvalue weighted by molar-refractivity contribution is 9.10. The van der Waals surface area contributed by atoms with Gasteiger partial charge in [0.25, 0.3) is 0 Å². The minimum atomic E-state index is 0.453. The zero-order valence-electron chi connectivity index (χ0n) is 10.5. The predicted molar refractivity (Wildman–Crippen MR) is 73.5 cm³/mol. The SMILES string of the molecule is COCCOc1c(C=O)cc2c(c1Br)CCCC2. The zero-order valence-corrected chi connectivity index (χ0v) is 12.1. The van der Waals surface area contributed by atoms with Crippen molar-refractivity contribution in [3.63, 3.8) is 0 Å². The molecule has 0 N–H and O–H groups in total. The molecule has 1 aliphatic carbocycles. The number of carbonyl (C=O) groups excluding carboxylic acids is 1. The van der Waals surface area contributed by atoms with Crippen LogP contribution in [-0.2, 0) is 17.6 Å².